The number of hydrogen-bond acceptors (Lipinski definition) is 1. The van der Waals surface area contributed by atoms with Crippen molar-refractivity contribution in [3.05, 3.63) is 81.7 Å². The van der Waals surface area contributed by atoms with E-state index in [2.05, 4.69) is 15.9 Å². The minimum absolute atomic E-state index is 0.257. The molecule has 124 valence electrons. The second-order valence-electron chi connectivity index (χ2n) is 6.00. The highest BCUT2D eigenvalue weighted by atomic mass is 16.1. The van der Waals surface area contributed by atoms with Gasteiger partial charge in [0.2, 0.25) is 0 Å². The van der Waals surface area contributed by atoms with Crippen LogP contribution in [-0.2, 0) is 6.42 Å². The second-order valence-corrected chi connectivity index (χ2v) is 6.00. The third-order valence-corrected chi connectivity index (χ3v) is 4.20. The van der Waals surface area contributed by atoms with Crippen molar-refractivity contribution < 1.29 is 4.79 Å². The van der Waals surface area contributed by atoms with E-state index >= 15 is 0 Å². The quantitative estimate of drug-likeness (QED) is 0.503. The van der Waals surface area contributed by atoms with Gasteiger partial charge < -0.3 is 11.5 Å². The maximum atomic E-state index is 12.1. The molecule has 0 fully saturated rings. The van der Waals surface area contributed by atoms with E-state index in [0.717, 1.165) is 40.7 Å². The molecule has 0 saturated carbocycles. The summed E-state index contributed by atoms with van der Waals surface area (Å²) >= 11 is 0. The molecule has 4 N–H and O–H groups in total. The summed E-state index contributed by atoms with van der Waals surface area (Å²) in [5.41, 5.74) is 16.6. The molecule has 0 atom stereocenters. The van der Waals surface area contributed by atoms with Crippen molar-refractivity contribution in [2.24, 2.45) is 16.5 Å². The Bertz CT molecular complexity index is 960. The predicted molar refractivity (Wildman–Crippen MR) is 99.4 cm³/mol. The van der Waals surface area contributed by atoms with E-state index in [1.54, 1.807) is 6.07 Å². The zero-order valence-corrected chi connectivity index (χ0v) is 13.9. The number of benzene rings is 2. The first kappa shape index (κ1) is 16.5. The molecule has 1 aliphatic rings. The number of aryl methyl sites for hydroxylation is 2. The van der Waals surface area contributed by atoms with Gasteiger partial charge in [-0.05, 0) is 54.2 Å². The van der Waals surface area contributed by atoms with Crippen molar-refractivity contribution in [3.8, 4) is 0 Å². The topological polar surface area (TPSA) is 85.8 Å². The van der Waals surface area contributed by atoms with Crippen LogP contribution in [-0.4, -0.2) is 11.9 Å². The lowest BCUT2D eigenvalue weighted by Gasteiger charge is -2.20. The van der Waals surface area contributed by atoms with E-state index in [-0.39, 0.29) is 5.96 Å². The van der Waals surface area contributed by atoms with E-state index in [1.807, 2.05) is 37.3 Å². The smallest absolute Gasteiger partial charge is 0.280 e. The Kier molecular flexibility index (Phi) is 4.36. The predicted octanol–water partition coefficient (Wildman–Crippen LogP) is 3.34. The molecule has 0 radical (unpaired) electrons. The maximum Gasteiger partial charge on any atom is 0.280 e. The molecule has 0 saturated heterocycles. The lowest BCUT2D eigenvalue weighted by Crippen LogP contribution is -2.24. The molecule has 0 bridgehead atoms. The number of nitrogens with zero attached hydrogens (tertiary/aromatic N) is 2. The van der Waals surface area contributed by atoms with Crippen LogP contribution in [0.15, 0.2) is 47.5 Å². The molecule has 0 heterocycles. The van der Waals surface area contributed by atoms with Crippen LogP contribution in [0.4, 0.5) is 5.69 Å². The number of hydrogen-bond donors (Lipinski definition) is 2. The Labute approximate surface area is 146 Å². The molecule has 25 heavy (non-hydrogen) atoms. The normalized spacial score (nSPS) is 12.6. The van der Waals surface area contributed by atoms with Crippen molar-refractivity contribution in [1.82, 2.24) is 0 Å². The van der Waals surface area contributed by atoms with Crippen LogP contribution in [0.1, 0.15) is 39.0 Å². The number of rotatable bonds is 2. The van der Waals surface area contributed by atoms with Crippen LogP contribution < -0.4 is 11.5 Å². The molecule has 0 aromatic heterocycles. The van der Waals surface area contributed by atoms with Gasteiger partial charge in [0.05, 0.1) is 6.57 Å². The van der Waals surface area contributed by atoms with E-state index in [0.29, 0.717) is 11.3 Å². The van der Waals surface area contributed by atoms with Gasteiger partial charge in [0.15, 0.2) is 11.6 Å². The summed E-state index contributed by atoms with van der Waals surface area (Å²) in [6.07, 6.45) is 3.92. The fourth-order valence-electron chi connectivity index (χ4n) is 3.06. The first-order chi connectivity index (χ1) is 12.0. The largest absolute Gasteiger partial charge is 0.370 e. The van der Waals surface area contributed by atoms with Crippen molar-refractivity contribution in [3.63, 3.8) is 0 Å². The van der Waals surface area contributed by atoms with Crippen LogP contribution in [0.5, 0.6) is 0 Å². The van der Waals surface area contributed by atoms with Crippen LogP contribution in [0.3, 0.4) is 0 Å². The number of amides is 1. The molecule has 5 heteroatoms. The number of guanidine groups is 1. The van der Waals surface area contributed by atoms with Gasteiger partial charge in [0.25, 0.3) is 5.91 Å². The van der Waals surface area contributed by atoms with Crippen LogP contribution in [0.25, 0.3) is 10.4 Å². The molecular weight excluding hydrogens is 312 g/mol. The molecule has 0 aliphatic heterocycles. The summed E-state index contributed by atoms with van der Waals surface area (Å²) in [6, 6.07) is 11.3. The van der Waals surface area contributed by atoms with Gasteiger partial charge >= 0.3 is 0 Å². The van der Waals surface area contributed by atoms with Gasteiger partial charge in [-0.25, -0.2) is 4.85 Å². The average Bonchev–Trinajstić information content (AvgIpc) is 2.60. The summed E-state index contributed by atoms with van der Waals surface area (Å²) in [4.78, 5) is 19.4. The lowest BCUT2D eigenvalue weighted by atomic mass is 9.85. The Balaban J connectivity index is 2.12. The van der Waals surface area contributed by atoms with Crippen molar-refractivity contribution >= 4 is 23.1 Å². The van der Waals surface area contributed by atoms with E-state index in [1.165, 1.54) is 0 Å². The molecule has 2 aromatic rings. The zero-order valence-electron chi connectivity index (χ0n) is 13.9. The standard InChI is InChI=1S/C20H18N4O/c1-12-6-9-16(18(10-12)23-2)15-5-3-4-13-7-8-14(11-17(13)15)19(25)24-20(21)22/h5-11H,3-4H2,1H3,(H4,21,22,24,25). The van der Waals surface area contributed by atoms with Gasteiger partial charge in [0, 0.05) is 5.56 Å². The summed E-state index contributed by atoms with van der Waals surface area (Å²) in [5, 5.41) is 0. The van der Waals surface area contributed by atoms with Gasteiger partial charge in [-0.15, -0.1) is 0 Å². The van der Waals surface area contributed by atoms with E-state index in [9.17, 15) is 4.79 Å². The second kappa shape index (κ2) is 6.62. The third kappa shape index (κ3) is 3.29. The lowest BCUT2D eigenvalue weighted by molar-refractivity contribution is 0.100. The molecule has 2 aromatic carbocycles. The van der Waals surface area contributed by atoms with E-state index in [4.69, 9.17) is 18.0 Å². The summed E-state index contributed by atoms with van der Waals surface area (Å²) in [6.45, 7) is 9.44. The highest BCUT2D eigenvalue weighted by Crippen LogP contribution is 2.37. The number of fused-ring (bicyclic) bond motifs is 1. The fraction of sp³-hybridized carbons (Fsp3) is 0.150. The molecule has 1 amide bonds. The van der Waals surface area contributed by atoms with Gasteiger partial charge in [-0.2, -0.15) is 4.99 Å². The SMILES string of the molecule is [C-]#[N+]c1cc(C)ccc1C1=CCCc2ccc(C(=O)N=C(N)N)cc21. The van der Waals surface area contributed by atoms with Gasteiger partial charge in [-0.1, -0.05) is 35.9 Å². The Morgan fingerprint density at radius 1 is 1.16 bits per heavy atom. The molecular formula is C20H18N4O. The first-order valence-electron chi connectivity index (χ1n) is 7.95. The fourth-order valence-corrected chi connectivity index (χ4v) is 3.06. The highest BCUT2D eigenvalue weighted by Gasteiger charge is 2.19. The number of nitrogens with two attached hydrogens (primary N) is 2. The molecule has 0 spiro atoms. The van der Waals surface area contributed by atoms with E-state index < -0.39 is 5.91 Å². The summed E-state index contributed by atoms with van der Waals surface area (Å²) in [7, 11) is 0. The van der Waals surface area contributed by atoms with Crippen molar-refractivity contribution in [1.29, 1.82) is 0 Å². The molecule has 5 nitrogen and oxygen atoms in total. The zero-order chi connectivity index (χ0) is 18.0. The molecule has 3 rings (SSSR count). The Hall–Kier alpha value is -3.39. The minimum Gasteiger partial charge on any atom is -0.370 e. The Morgan fingerprint density at radius 2 is 1.96 bits per heavy atom. The monoisotopic (exact) mass is 330 g/mol. The summed E-state index contributed by atoms with van der Waals surface area (Å²) in [5.74, 6) is -0.727. The van der Waals surface area contributed by atoms with Crippen molar-refractivity contribution in [2.75, 3.05) is 0 Å². The number of aliphatic imine (C=N–C) groups is 1. The average molecular weight is 330 g/mol. The van der Waals surface area contributed by atoms with Gasteiger partial charge in [0.1, 0.15) is 0 Å². The highest BCUT2D eigenvalue weighted by molar-refractivity contribution is 6.03. The Morgan fingerprint density at radius 3 is 2.68 bits per heavy atom. The number of allylic oxidation sites excluding steroid dienone is 1. The molecule has 0 unspecified atom stereocenters. The van der Waals surface area contributed by atoms with Gasteiger partial charge in [-0.3, -0.25) is 4.79 Å². The minimum atomic E-state index is -0.470. The van der Waals surface area contributed by atoms with Crippen LogP contribution >= 0.6 is 0 Å². The number of carbonyl (C=O) groups is 1. The van der Waals surface area contributed by atoms with Crippen LogP contribution in [0.2, 0.25) is 0 Å². The van der Waals surface area contributed by atoms with Crippen LogP contribution in [0, 0.1) is 13.5 Å². The summed E-state index contributed by atoms with van der Waals surface area (Å²) < 4.78 is 0. The number of carbonyl (C=O) groups excluding carboxylic acids is 1. The maximum absolute atomic E-state index is 12.1. The van der Waals surface area contributed by atoms with Crippen molar-refractivity contribution in [2.45, 2.75) is 19.8 Å². The third-order valence-electron chi connectivity index (χ3n) is 4.20. The molecule has 1 aliphatic carbocycles. The first-order valence-corrected chi connectivity index (χ1v) is 7.95.